The molecule has 2 heterocycles. The molecule has 1 N–H and O–H groups in total. The summed E-state index contributed by atoms with van der Waals surface area (Å²) in [6.07, 6.45) is 4.20. The average Bonchev–Trinajstić information content (AvgIpc) is 3.02. The summed E-state index contributed by atoms with van der Waals surface area (Å²) in [6.45, 7) is 4.52. The van der Waals surface area contributed by atoms with Crippen LogP contribution in [-0.4, -0.2) is 46.1 Å². The van der Waals surface area contributed by atoms with Crippen molar-refractivity contribution in [1.29, 1.82) is 0 Å². The van der Waals surface area contributed by atoms with E-state index in [0.717, 1.165) is 29.8 Å². The quantitative estimate of drug-likeness (QED) is 0.932. The van der Waals surface area contributed by atoms with Gasteiger partial charge < -0.3 is 10.2 Å². The van der Waals surface area contributed by atoms with E-state index in [1.807, 2.05) is 38.1 Å². The summed E-state index contributed by atoms with van der Waals surface area (Å²) >= 11 is 0. The van der Waals surface area contributed by atoms with Crippen LogP contribution in [0.4, 0.5) is 0 Å². The van der Waals surface area contributed by atoms with Gasteiger partial charge >= 0.3 is 0 Å². The standard InChI is InChI=1S/C19H24N4O2/c1-13-8-4-5-9-16(13)23-14(2)15(12-21-23)19(25)22-11-7-6-10-17(22)18(24)20-3/h4-5,8-9,12,17H,6-7,10-11H2,1-3H3,(H,20,24)/t17-/m1/s1. The smallest absolute Gasteiger partial charge is 0.258 e. The lowest BCUT2D eigenvalue weighted by atomic mass is 10.00. The van der Waals surface area contributed by atoms with E-state index in [0.29, 0.717) is 18.5 Å². The number of hydrogen-bond acceptors (Lipinski definition) is 3. The third-order valence-electron chi connectivity index (χ3n) is 4.90. The van der Waals surface area contributed by atoms with Crippen molar-refractivity contribution in [1.82, 2.24) is 20.0 Å². The molecule has 0 saturated carbocycles. The number of aromatic nitrogens is 2. The van der Waals surface area contributed by atoms with Crippen LogP contribution in [-0.2, 0) is 4.79 Å². The summed E-state index contributed by atoms with van der Waals surface area (Å²) < 4.78 is 1.79. The number of amides is 2. The molecule has 1 aromatic carbocycles. The molecule has 132 valence electrons. The van der Waals surface area contributed by atoms with Crippen molar-refractivity contribution in [2.24, 2.45) is 0 Å². The molecule has 1 saturated heterocycles. The van der Waals surface area contributed by atoms with Crippen LogP contribution >= 0.6 is 0 Å². The highest BCUT2D eigenvalue weighted by Crippen LogP contribution is 2.23. The maximum atomic E-state index is 13.1. The number of carbonyl (C=O) groups excluding carboxylic acids is 2. The van der Waals surface area contributed by atoms with Crippen molar-refractivity contribution in [2.75, 3.05) is 13.6 Å². The first-order valence-electron chi connectivity index (χ1n) is 8.67. The molecule has 0 spiro atoms. The van der Waals surface area contributed by atoms with E-state index in [4.69, 9.17) is 0 Å². The van der Waals surface area contributed by atoms with E-state index in [-0.39, 0.29) is 11.8 Å². The van der Waals surface area contributed by atoms with Gasteiger partial charge in [0, 0.05) is 13.6 Å². The van der Waals surface area contributed by atoms with Gasteiger partial charge in [0.25, 0.3) is 5.91 Å². The average molecular weight is 340 g/mol. The van der Waals surface area contributed by atoms with Crippen LogP contribution in [0.1, 0.15) is 40.9 Å². The first kappa shape index (κ1) is 17.2. The monoisotopic (exact) mass is 340 g/mol. The van der Waals surface area contributed by atoms with E-state index in [1.54, 1.807) is 22.8 Å². The Labute approximate surface area is 147 Å². The second-order valence-corrected chi connectivity index (χ2v) is 6.47. The largest absolute Gasteiger partial charge is 0.357 e. The van der Waals surface area contributed by atoms with Gasteiger partial charge in [-0.25, -0.2) is 4.68 Å². The Morgan fingerprint density at radius 3 is 2.68 bits per heavy atom. The third kappa shape index (κ3) is 3.16. The summed E-state index contributed by atoms with van der Waals surface area (Å²) in [6, 6.07) is 7.54. The third-order valence-corrected chi connectivity index (χ3v) is 4.90. The molecular formula is C19H24N4O2. The highest BCUT2D eigenvalue weighted by molar-refractivity contribution is 5.98. The van der Waals surface area contributed by atoms with Gasteiger partial charge in [-0.15, -0.1) is 0 Å². The lowest BCUT2D eigenvalue weighted by Crippen LogP contribution is -2.51. The van der Waals surface area contributed by atoms with Crippen molar-refractivity contribution < 1.29 is 9.59 Å². The number of piperidine rings is 1. The minimum Gasteiger partial charge on any atom is -0.357 e. The van der Waals surface area contributed by atoms with Gasteiger partial charge in [-0.2, -0.15) is 5.10 Å². The minimum atomic E-state index is -0.396. The zero-order valence-corrected chi connectivity index (χ0v) is 15.0. The zero-order chi connectivity index (χ0) is 18.0. The van der Waals surface area contributed by atoms with E-state index < -0.39 is 6.04 Å². The molecule has 6 heteroatoms. The van der Waals surface area contributed by atoms with Crippen molar-refractivity contribution in [3.63, 3.8) is 0 Å². The van der Waals surface area contributed by atoms with Gasteiger partial charge in [0.15, 0.2) is 0 Å². The summed E-state index contributed by atoms with van der Waals surface area (Å²) in [7, 11) is 1.61. The van der Waals surface area contributed by atoms with Crippen molar-refractivity contribution >= 4 is 11.8 Å². The second kappa shape index (κ2) is 7.09. The summed E-state index contributed by atoms with van der Waals surface area (Å²) in [5.41, 5.74) is 3.40. The van der Waals surface area contributed by atoms with Crippen LogP contribution in [0.15, 0.2) is 30.5 Å². The molecule has 2 aromatic rings. The molecule has 6 nitrogen and oxygen atoms in total. The number of rotatable bonds is 3. The molecule has 1 atom stereocenters. The topological polar surface area (TPSA) is 67.2 Å². The van der Waals surface area contributed by atoms with Crippen molar-refractivity contribution in [3.05, 3.63) is 47.3 Å². The number of carbonyl (C=O) groups is 2. The number of benzene rings is 1. The van der Waals surface area contributed by atoms with Crippen LogP contribution in [0.25, 0.3) is 5.69 Å². The Balaban J connectivity index is 1.93. The number of hydrogen-bond donors (Lipinski definition) is 1. The predicted octanol–water partition coefficient (Wildman–Crippen LogP) is 2.23. The van der Waals surface area contributed by atoms with Gasteiger partial charge in [-0.1, -0.05) is 18.2 Å². The molecule has 0 radical (unpaired) electrons. The van der Waals surface area contributed by atoms with Crippen LogP contribution < -0.4 is 5.32 Å². The molecule has 3 rings (SSSR count). The fourth-order valence-electron chi connectivity index (χ4n) is 3.43. The molecule has 1 fully saturated rings. The van der Waals surface area contributed by atoms with Crippen LogP contribution in [0.2, 0.25) is 0 Å². The molecular weight excluding hydrogens is 316 g/mol. The van der Waals surface area contributed by atoms with Crippen LogP contribution in [0.5, 0.6) is 0 Å². The van der Waals surface area contributed by atoms with Crippen molar-refractivity contribution in [3.8, 4) is 5.69 Å². The summed E-state index contributed by atoms with van der Waals surface area (Å²) in [4.78, 5) is 26.9. The first-order chi connectivity index (χ1) is 12.0. The van der Waals surface area contributed by atoms with Crippen molar-refractivity contribution in [2.45, 2.75) is 39.2 Å². The Bertz CT molecular complexity index is 796. The zero-order valence-electron chi connectivity index (χ0n) is 15.0. The molecule has 1 aromatic heterocycles. The van der Waals surface area contributed by atoms with E-state index in [1.165, 1.54) is 0 Å². The number of nitrogens with zero attached hydrogens (tertiary/aromatic N) is 3. The molecule has 25 heavy (non-hydrogen) atoms. The Morgan fingerprint density at radius 2 is 1.96 bits per heavy atom. The SMILES string of the molecule is CNC(=O)[C@H]1CCCCN1C(=O)c1cnn(-c2ccccc2C)c1C. The molecule has 0 bridgehead atoms. The Morgan fingerprint density at radius 1 is 1.20 bits per heavy atom. The van der Waals surface area contributed by atoms with Gasteiger partial charge in [0.1, 0.15) is 6.04 Å². The highest BCUT2D eigenvalue weighted by atomic mass is 16.2. The number of likely N-dealkylation sites (N-methyl/N-ethyl adjacent to an activating group) is 1. The van der Waals surface area contributed by atoms with Gasteiger partial charge in [0.05, 0.1) is 23.1 Å². The molecule has 2 amide bonds. The van der Waals surface area contributed by atoms with Gasteiger partial charge in [-0.3, -0.25) is 9.59 Å². The fraction of sp³-hybridized carbons (Fsp3) is 0.421. The van der Waals surface area contributed by atoms with E-state index in [2.05, 4.69) is 10.4 Å². The number of para-hydroxylation sites is 1. The Hall–Kier alpha value is -2.63. The lowest BCUT2D eigenvalue weighted by molar-refractivity contribution is -0.126. The predicted molar refractivity (Wildman–Crippen MR) is 95.8 cm³/mol. The number of aryl methyl sites for hydroxylation is 1. The summed E-state index contributed by atoms with van der Waals surface area (Å²) in [5.74, 6) is -0.220. The van der Waals surface area contributed by atoms with Crippen LogP contribution in [0, 0.1) is 13.8 Å². The molecule has 1 aliphatic rings. The molecule has 1 aliphatic heterocycles. The van der Waals surface area contributed by atoms with Gasteiger partial charge in [0.2, 0.25) is 5.91 Å². The normalized spacial score (nSPS) is 17.4. The fourth-order valence-corrected chi connectivity index (χ4v) is 3.43. The van der Waals surface area contributed by atoms with E-state index >= 15 is 0 Å². The minimum absolute atomic E-state index is 0.100. The van der Waals surface area contributed by atoms with Crippen LogP contribution in [0.3, 0.4) is 0 Å². The molecule has 0 unspecified atom stereocenters. The number of likely N-dealkylation sites (tertiary alicyclic amines) is 1. The number of nitrogens with one attached hydrogen (secondary N) is 1. The maximum absolute atomic E-state index is 13.1. The maximum Gasteiger partial charge on any atom is 0.258 e. The van der Waals surface area contributed by atoms with Gasteiger partial charge in [-0.05, 0) is 44.7 Å². The Kier molecular flexibility index (Phi) is 4.88. The highest BCUT2D eigenvalue weighted by Gasteiger charge is 2.33. The first-order valence-corrected chi connectivity index (χ1v) is 8.67. The summed E-state index contributed by atoms with van der Waals surface area (Å²) in [5, 5.41) is 7.09. The lowest BCUT2D eigenvalue weighted by Gasteiger charge is -2.34. The second-order valence-electron chi connectivity index (χ2n) is 6.47. The molecule has 0 aliphatic carbocycles. The van der Waals surface area contributed by atoms with E-state index in [9.17, 15) is 9.59 Å².